The van der Waals surface area contributed by atoms with E-state index in [2.05, 4.69) is 10.3 Å². The highest BCUT2D eigenvalue weighted by molar-refractivity contribution is 6.30. The van der Waals surface area contributed by atoms with Crippen molar-refractivity contribution in [1.82, 2.24) is 4.98 Å². The maximum absolute atomic E-state index is 13.3. The van der Waals surface area contributed by atoms with Gasteiger partial charge in [-0.2, -0.15) is 0 Å². The third-order valence-corrected chi connectivity index (χ3v) is 4.89. The molecule has 0 spiro atoms. The lowest BCUT2D eigenvalue weighted by atomic mass is 10.0. The van der Waals surface area contributed by atoms with Crippen molar-refractivity contribution < 1.29 is 9.53 Å². The van der Waals surface area contributed by atoms with Crippen LogP contribution in [0, 0.1) is 0 Å². The number of halogens is 1. The summed E-state index contributed by atoms with van der Waals surface area (Å²) in [5.74, 6) is 0.0108. The molecule has 1 aromatic heterocycles. The van der Waals surface area contributed by atoms with Crippen molar-refractivity contribution in [1.29, 1.82) is 0 Å². The van der Waals surface area contributed by atoms with E-state index < -0.39 is 5.97 Å². The van der Waals surface area contributed by atoms with E-state index >= 15 is 0 Å². The number of hydrogen-bond acceptors (Lipinski definition) is 4. The summed E-state index contributed by atoms with van der Waals surface area (Å²) in [5.41, 5.74) is 2.62. The highest BCUT2D eigenvalue weighted by Gasteiger charge is 2.17. The van der Waals surface area contributed by atoms with Crippen molar-refractivity contribution in [2.45, 2.75) is 0 Å². The minimum atomic E-state index is -0.468. The molecule has 0 amide bonds. The molecule has 0 aliphatic rings. The first kappa shape index (κ1) is 18.8. The summed E-state index contributed by atoms with van der Waals surface area (Å²) in [6.07, 6.45) is 0. The smallest absolute Gasteiger partial charge is 0.339 e. The van der Waals surface area contributed by atoms with Crippen molar-refractivity contribution in [3.63, 3.8) is 0 Å². The number of carbonyl (C=O) groups is 1. The Balaban J connectivity index is 1.95. The first-order valence-electron chi connectivity index (χ1n) is 8.94. The minimum absolute atomic E-state index is 0.125. The largest absolute Gasteiger partial charge is 0.465 e. The number of anilines is 2. The van der Waals surface area contributed by atoms with Gasteiger partial charge in [-0.05, 0) is 42.0 Å². The average Bonchev–Trinajstić information content (AvgIpc) is 2.75. The van der Waals surface area contributed by atoms with Gasteiger partial charge in [0.2, 0.25) is 0 Å². The van der Waals surface area contributed by atoms with E-state index in [-0.39, 0.29) is 5.43 Å². The third kappa shape index (κ3) is 3.60. The van der Waals surface area contributed by atoms with Crippen LogP contribution < -0.4 is 10.7 Å². The maximum Gasteiger partial charge on any atom is 0.339 e. The van der Waals surface area contributed by atoms with Crippen molar-refractivity contribution in [3.05, 3.63) is 93.6 Å². The Morgan fingerprint density at radius 1 is 0.966 bits per heavy atom. The molecule has 0 unspecified atom stereocenters. The molecular formula is C23H17ClN2O3. The molecule has 0 saturated heterocycles. The predicted molar refractivity (Wildman–Crippen MR) is 116 cm³/mol. The van der Waals surface area contributed by atoms with E-state index in [1.165, 1.54) is 7.11 Å². The van der Waals surface area contributed by atoms with Crippen LogP contribution in [0.4, 0.5) is 11.5 Å². The number of H-pyrrole nitrogens is 1. The molecule has 4 aromatic rings. The van der Waals surface area contributed by atoms with E-state index in [1.807, 2.05) is 18.2 Å². The van der Waals surface area contributed by atoms with Gasteiger partial charge >= 0.3 is 5.97 Å². The number of methoxy groups -OCH3 is 1. The van der Waals surface area contributed by atoms with E-state index in [0.717, 1.165) is 0 Å². The SMILES string of the molecule is COC(=O)c1ccccc1Nc1[nH]c2ccccc2c(=O)c1-c1ccc(Cl)cc1. The molecule has 0 radical (unpaired) electrons. The van der Waals surface area contributed by atoms with Crippen molar-refractivity contribution in [2.24, 2.45) is 0 Å². The molecule has 0 aliphatic heterocycles. The molecule has 0 bridgehead atoms. The van der Waals surface area contributed by atoms with Crippen molar-refractivity contribution in [2.75, 3.05) is 12.4 Å². The molecule has 0 saturated carbocycles. The second-order valence-corrected chi connectivity index (χ2v) is 6.86. The molecule has 5 nitrogen and oxygen atoms in total. The zero-order chi connectivity index (χ0) is 20.4. The normalized spacial score (nSPS) is 10.7. The maximum atomic E-state index is 13.3. The number of pyridine rings is 1. The highest BCUT2D eigenvalue weighted by atomic mass is 35.5. The number of benzene rings is 3. The summed E-state index contributed by atoms with van der Waals surface area (Å²) < 4.78 is 4.87. The molecule has 3 aromatic carbocycles. The second-order valence-electron chi connectivity index (χ2n) is 6.42. The molecule has 0 atom stereocenters. The fourth-order valence-electron chi connectivity index (χ4n) is 3.24. The zero-order valence-corrected chi connectivity index (χ0v) is 16.3. The quantitative estimate of drug-likeness (QED) is 0.448. The van der Waals surface area contributed by atoms with E-state index in [4.69, 9.17) is 16.3 Å². The topological polar surface area (TPSA) is 71.2 Å². The predicted octanol–water partition coefficient (Wildman–Crippen LogP) is 5.38. The summed E-state index contributed by atoms with van der Waals surface area (Å²) >= 11 is 6.02. The minimum Gasteiger partial charge on any atom is -0.465 e. The van der Waals surface area contributed by atoms with Gasteiger partial charge in [0.25, 0.3) is 0 Å². The Kier molecular flexibility index (Phi) is 5.06. The van der Waals surface area contributed by atoms with Gasteiger partial charge in [-0.25, -0.2) is 4.79 Å². The van der Waals surface area contributed by atoms with Gasteiger partial charge in [0.1, 0.15) is 5.82 Å². The number of nitrogens with one attached hydrogen (secondary N) is 2. The monoisotopic (exact) mass is 404 g/mol. The number of aromatic nitrogens is 1. The number of ether oxygens (including phenoxy) is 1. The molecule has 2 N–H and O–H groups in total. The number of esters is 1. The number of para-hydroxylation sites is 2. The molecule has 144 valence electrons. The summed E-state index contributed by atoms with van der Waals surface area (Å²) in [6, 6.07) is 21.3. The van der Waals surface area contributed by atoms with Crippen LogP contribution in [-0.4, -0.2) is 18.1 Å². The van der Waals surface area contributed by atoms with Crippen LogP contribution in [0.2, 0.25) is 5.02 Å². The van der Waals surface area contributed by atoms with Gasteiger partial charge in [0, 0.05) is 10.4 Å². The van der Waals surface area contributed by atoms with E-state index in [0.29, 0.717) is 44.1 Å². The summed E-state index contributed by atoms with van der Waals surface area (Å²) in [4.78, 5) is 28.7. The Bertz CT molecular complexity index is 1260. The second kappa shape index (κ2) is 7.81. The fourth-order valence-corrected chi connectivity index (χ4v) is 3.36. The Morgan fingerprint density at radius 2 is 1.66 bits per heavy atom. The molecule has 4 rings (SSSR count). The number of carbonyl (C=O) groups excluding carboxylic acids is 1. The molecule has 1 heterocycles. The summed E-state index contributed by atoms with van der Waals surface area (Å²) in [5, 5.41) is 4.37. The van der Waals surface area contributed by atoms with Gasteiger partial charge in [-0.3, -0.25) is 4.79 Å². The van der Waals surface area contributed by atoms with E-state index in [1.54, 1.807) is 54.6 Å². The zero-order valence-electron chi connectivity index (χ0n) is 15.5. The van der Waals surface area contributed by atoms with Crippen LogP contribution in [0.3, 0.4) is 0 Å². The van der Waals surface area contributed by atoms with Gasteiger partial charge in [0.05, 0.1) is 29.4 Å². The first-order chi connectivity index (χ1) is 14.1. The van der Waals surface area contributed by atoms with Gasteiger partial charge in [-0.15, -0.1) is 0 Å². The standard InChI is InChI=1S/C23H17ClN2O3/c1-29-23(28)17-7-3-5-9-19(17)26-22-20(14-10-12-15(24)13-11-14)21(27)16-6-2-4-8-18(16)25-22/h2-13H,1H3,(H2,25,26,27). The summed E-state index contributed by atoms with van der Waals surface area (Å²) in [7, 11) is 1.33. The number of aromatic amines is 1. The van der Waals surface area contributed by atoms with Crippen LogP contribution >= 0.6 is 11.6 Å². The third-order valence-electron chi connectivity index (χ3n) is 4.63. The molecule has 6 heteroatoms. The fraction of sp³-hybridized carbons (Fsp3) is 0.0435. The molecule has 29 heavy (non-hydrogen) atoms. The van der Waals surface area contributed by atoms with Crippen molar-refractivity contribution >= 4 is 40.0 Å². The van der Waals surface area contributed by atoms with E-state index in [9.17, 15) is 9.59 Å². The lowest BCUT2D eigenvalue weighted by Gasteiger charge is -2.15. The lowest BCUT2D eigenvalue weighted by molar-refractivity contribution is 0.0602. The lowest BCUT2D eigenvalue weighted by Crippen LogP contribution is -2.12. The molecule has 0 fully saturated rings. The Hall–Kier alpha value is -3.57. The first-order valence-corrected chi connectivity index (χ1v) is 9.31. The average molecular weight is 405 g/mol. The van der Waals surface area contributed by atoms with Gasteiger partial charge < -0.3 is 15.0 Å². The van der Waals surface area contributed by atoms with Crippen LogP contribution in [0.5, 0.6) is 0 Å². The number of fused-ring (bicyclic) bond motifs is 1. The van der Waals surface area contributed by atoms with Crippen LogP contribution in [0.25, 0.3) is 22.0 Å². The highest BCUT2D eigenvalue weighted by Crippen LogP contribution is 2.30. The summed E-state index contributed by atoms with van der Waals surface area (Å²) in [6.45, 7) is 0. The Labute approximate surface area is 171 Å². The molecular weight excluding hydrogens is 388 g/mol. The Morgan fingerprint density at radius 3 is 2.41 bits per heavy atom. The number of rotatable bonds is 4. The van der Waals surface area contributed by atoms with Crippen LogP contribution in [0.15, 0.2) is 77.6 Å². The van der Waals surface area contributed by atoms with Crippen LogP contribution in [0.1, 0.15) is 10.4 Å². The van der Waals surface area contributed by atoms with Crippen LogP contribution in [-0.2, 0) is 4.74 Å². The van der Waals surface area contributed by atoms with Crippen molar-refractivity contribution in [3.8, 4) is 11.1 Å². The molecule has 0 aliphatic carbocycles. The van der Waals surface area contributed by atoms with Gasteiger partial charge in [-0.1, -0.05) is 48.0 Å². The number of hydrogen-bond donors (Lipinski definition) is 2. The van der Waals surface area contributed by atoms with Gasteiger partial charge in [0.15, 0.2) is 5.43 Å².